The number of amides is 1. The van der Waals surface area contributed by atoms with Crippen molar-refractivity contribution in [3.8, 4) is 0 Å². The Bertz CT molecular complexity index is 989. The Balaban J connectivity index is 2.30. The van der Waals surface area contributed by atoms with Crippen LogP contribution in [0, 0.1) is 20.8 Å². The van der Waals surface area contributed by atoms with Gasteiger partial charge in [0, 0.05) is 5.02 Å². The number of hydrogen-bond donors (Lipinski definition) is 1. The highest BCUT2D eigenvalue weighted by molar-refractivity contribution is 7.92. The predicted molar refractivity (Wildman–Crippen MR) is 115 cm³/mol. The molecule has 2 unspecified atom stereocenters. The quantitative estimate of drug-likeness (QED) is 0.754. The fraction of sp³-hybridized carbons (Fsp3) is 0.381. The van der Waals surface area contributed by atoms with Crippen LogP contribution in [0.3, 0.4) is 0 Å². The van der Waals surface area contributed by atoms with Gasteiger partial charge in [-0.2, -0.15) is 0 Å². The maximum Gasteiger partial charge on any atom is 0.244 e. The van der Waals surface area contributed by atoms with E-state index >= 15 is 0 Å². The van der Waals surface area contributed by atoms with Gasteiger partial charge in [-0.3, -0.25) is 9.10 Å². The topological polar surface area (TPSA) is 66.5 Å². The van der Waals surface area contributed by atoms with E-state index in [2.05, 4.69) is 17.4 Å². The van der Waals surface area contributed by atoms with Crippen LogP contribution in [-0.4, -0.2) is 26.6 Å². The summed E-state index contributed by atoms with van der Waals surface area (Å²) in [6.07, 6.45) is 1.08. The van der Waals surface area contributed by atoms with Crippen LogP contribution in [0.1, 0.15) is 42.1 Å². The van der Waals surface area contributed by atoms with E-state index in [-0.39, 0.29) is 11.9 Å². The van der Waals surface area contributed by atoms with E-state index in [0.29, 0.717) is 10.7 Å². The number of aryl methyl sites for hydroxylation is 3. The summed E-state index contributed by atoms with van der Waals surface area (Å²) in [5.41, 5.74) is 4.78. The molecule has 0 aliphatic rings. The van der Waals surface area contributed by atoms with Crippen molar-refractivity contribution in [2.45, 2.75) is 46.7 Å². The number of sulfonamides is 1. The van der Waals surface area contributed by atoms with Crippen molar-refractivity contribution in [2.75, 3.05) is 10.6 Å². The Morgan fingerprint density at radius 1 is 1.04 bits per heavy atom. The van der Waals surface area contributed by atoms with Crippen LogP contribution in [0.25, 0.3) is 0 Å². The van der Waals surface area contributed by atoms with Gasteiger partial charge in [-0.25, -0.2) is 8.42 Å². The van der Waals surface area contributed by atoms with Crippen molar-refractivity contribution in [3.05, 3.63) is 63.7 Å². The van der Waals surface area contributed by atoms with Crippen LogP contribution in [0.2, 0.25) is 5.02 Å². The molecule has 0 radical (unpaired) electrons. The third-order valence-electron chi connectivity index (χ3n) is 4.86. The average Bonchev–Trinajstić information content (AvgIpc) is 2.56. The molecule has 0 bridgehead atoms. The fourth-order valence-corrected chi connectivity index (χ4v) is 4.63. The SMILES string of the molecule is Cc1cc(C)c(C(C)NC(=O)C(C)N(c2cccc(Cl)c2)S(C)(=O)=O)cc1C. The summed E-state index contributed by atoms with van der Waals surface area (Å²) in [7, 11) is -3.69. The van der Waals surface area contributed by atoms with Gasteiger partial charge < -0.3 is 5.32 Å². The van der Waals surface area contributed by atoms with Gasteiger partial charge in [0.1, 0.15) is 6.04 Å². The number of carbonyl (C=O) groups is 1. The maximum absolute atomic E-state index is 12.9. The number of hydrogen-bond acceptors (Lipinski definition) is 3. The largest absolute Gasteiger partial charge is 0.348 e. The monoisotopic (exact) mass is 422 g/mol. The Labute approximate surface area is 172 Å². The lowest BCUT2D eigenvalue weighted by atomic mass is 9.96. The van der Waals surface area contributed by atoms with Crippen molar-refractivity contribution in [1.29, 1.82) is 0 Å². The summed E-state index contributed by atoms with van der Waals surface area (Å²) < 4.78 is 25.9. The number of nitrogens with zero attached hydrogens (tertiary/aromatic N) is 1. The molecule has 1 amide bonds. The Morgan fingerprint density at radius 3 is 2.21 bits per heavy atom. The number of nitrogens with one attached hydrogen (secondary N) is 1. The van der Waals surface area contributed by atoms with Crippen LogP contribution in [0.5, 0.6) is 0 Å². The second kappa shape index (κ2) is 8.53. The average molecular weight is 423 g/mol. The second-order valence-corrected chi connectivity index (χ2v) is 9.53. The molecule has 2 aromatic carbocycles. The molecule has 2 aromatic rings. The molecular formula is C21H27ClN2O3S. The van der Waals surface area contributed by atoms with Gasteiger partial charge >= 0.3 is 0 Å². The summed E-state index contributed by atoms with van der Waals surface area (Å²) in [6.45, 7) is 9.54. The zero-order chi connectivity index (χ0) is 21.2. The first-order valence-electron chi connectivity index (χ1n) is 9.05. The van der Waals surface area contributed by atoms with E-state index in [0.717, 1.165) is 27.3 Å². The minimum Gasteiger partial charge on any atom is -0.348 e. The van der Waals surface area contributed by atoms with E-state index in [1.54, 1.807) is 25.1 Å². The zero-order valence-corrected chi connectivity index (χ0v) is 18.6. The molecule has 0 heterocycles. The van der Waals surface area contributed by atoms with Crippen molar-refractivity contribution in [1.82, 2.24) is 5.32 Å². The molecule has 28 heavy (non-hydrogen) atoms. The molecule has 0 spiro atoms. The van der Waals surface area contributed by atoms with Gasteiger partial charge in [0.25, 0.3) is 0 Å². The van der Waals surface area contributed by atoms with Crippen molar-refractivity contribution in [2.24, 2.45) is 0 Å². The summed E-state index contributed by atoms with van der Waals surface area (Å²) in [5.74, 6) is -0.379. The highest BCUT2D eigenvalue weighted by Crippen LogP contribution is 2.25. The van der Waals surface area contributed by atoms with Crippen molar-refractivity contribution >= 4 is 33.2 Å². The van der Waals surface area contributed by atoms with Crippen LogP contribution in [0.4, 0.5) is 5.69 Å². The molecule has 0 fully saturated rings. The molecule has 0 aliphatic heterocycles. The summed E-state index contributed by atoms with van der Waals surface area (Å²) >= 11 is 6.01. The molecule has 0 saturated heterocycles. The first-order chi connectivity index (χ1) is 12.9. The normalized spacial score (nSPS) is 13.7. The number of anilines is 1. The number of benzene rings is 2. The highest BCUT2D eigenvalue weighted by Gasteiger charge is 2.30. The van der Waals surface area contributed by atoms with Gasteiger partial charge in [-0.15, -0.1) is 0 Å². The Morgan fingerprint density at radius 2 is 1.64 bits per heavy atom. The van der Waals surface area contributed by atoms with E-state index in [4.69, 9.17) is 11.6 Å². The van der Waals surface area contributed by atoms with E-state index < -0.39 is 16.1 Å². The third-order valence-corrected chi connectivity index (χ3v) is 6.34. The van der Waals surface area contributed by atoms with E-state index in [9.17, 15) is 13.2 Å². The zero-order valence-electron chi connectivity index (χ0n) is 17.1. The van der Waals surface area contributed by atoms with Crippen LogP contribution >= 0.6 is 11.6 Å². The molecule has 1 N–H and O–H groups in total. The Kier molecular flexibility index (Phi) is 6.78. The van der Waals surface area contributed by atoms with Gasteiger partial charge in [0.05, 0.1) is 18.0 Å². The van der Waals surface area contributed by atoms with Crippen LogP contribution < -0.4 is 9.62 Å². The molecule has 2 atom stereocenters. The molecular weight excluding hydrogens is 396 g/mol. The molecule has 0 aromatic heterocycles. The van der Waals surface area contributed by atoms with E-state index in [1.165, 1.54) is 11.6 Å². The molecule has 5 nitrogen and oxygen atoms in total. The number of rotatable bonds is 6. The highest BCUT2D eigenvalue weighted by atomic mass is 35.5. The van der Waals surface area contributed by atoms with Crippen molar-refractivity contribution < 1.29 is 13.2 Å². The molecule has 2 rings (SSSR count). The first-order valence-corrected chi connectivity index (χ1v) is 11.3. The van der Waals surface area contributed by atoms with Gasteiger partial charge in [0.15, 0.2) is 0 Å². The van der Waals surface area contributed by atoms with E-state index in [1.807, 2.05) is 27.7 Å². The van der Waals surface area contributed by atoms with Gasteiger partial charge in [-0.1, -0.05) is 29.8 Å². The maximum atomic E-state index is 12.9. The van der Waals surface area contributed by atoms with Crippen molar-refractivity contribution in [3.63, 3.8) is 0 Å². The Hall–Kier alpha value is -2.05. The smallest absolute Gasteiger partial charge is 0.244 e. The van der Waals surface area contributed by atoms with Crippen LogP contribution in [0.15, 0.2) is 36.4 Å². The molecule has 0 aliphatic carbocycles. The molecule has 152 valence electrons. The predicted octanol–water partition coefficient (Wildman–Crippen LogP) is 4.30. The first kappa shape index (κ1) is 22.2. The third kappa shape index (κ3) is 5.06. The minimum absolute atomic E-state index is 0.255. The molecule has 7 heteroatoms. The minimum atomic E-state index is -3.69. The van der Waals surface area contributed by atoms with Gasteiger partial charge in [0.2, 0.25) is 15.9 Å². The molecule has 0 saturated carbocycles. The standard InChI is InChI=1S/C21H27ClN2O3S/c1-13-10-15(3)20(11-14(13)2)16(4)23-21(25)17(5)24(28(6,26)27)19-9-7-8-18(22)12-19/h7-12,16-17H,1-6H3,(H,23,25). The lowest BCUT2D eigenvalue weighted by molar-refractivity contribution is -0.122. The van der Waals surface area contributed by atoms with Crippen LogP contribution in [-0.2, 0) is 14.8 Å². The number of halogens is 1. The summed E-state index contributed by atoms with van der Waals surface area (Å²) in [6, 6.07) is 9.42. The number of carbonyl (C=O) groups excluding carboxylic acids is 1. The fourth-order valence-electron chi connectivity index (χ4n) is 3.28. The lowest BCUT2D eigenvalue weighted by Crippen LogP contribution is -2.48. The van der Waals surface area contributed by atoms with Gasteiger partial charge in [-0.05, 0) is 75.1 Å². The summed E-state index contributed by atoms with van der Waals surface area (Å²) in [4.78, 5) is 12.9. The summed E-state index contributed by atoms with van der Waals surface area (Å²) in [5, 5.41) is 3.34. The second-order valence-electron chi connectivity index (χ2n) is 7.24. The lowest BCUT2D eigenvalue weighted by Gasteiger charge is -2.29.